The van der Waals surface area contributed by atoms with Crippen LogP contribution in [0.25, 0.3) is 0 Å². The SMILES string of the molecule is C=C[C@H](c1cc(Br)cc(C)c1O)N1CCNCC1.Cl.Cl. The lowest BCUT2D eigenvalue weighted by Crippen LogP contribution is -2.44. The Morgan fingerprint density at radius 1 is 1.35 bits per heavy atom. The molecule has 1 fully saturated rings. The Hall–Kier alpha value is -0.260. The van der Waals surface area contributed by atoms with Crippen LogP contribution in [-0.4, -0.2) is 36.2 Å². The van der Waals surface area contributed by atoms with Crippen LogP contribution in [0.4, 0.5) is 0 Å². The van der Waals surface area contributed by atoms with Crippen LogP contribution >= 0.6 is 40.7 Å². The Morgan fingerprint density at radius 2 is 1.95 bits per heavy atom. The number of phenols is 1. The molecule has 0 bridgehead atoms. The molecule has 0 saturated carbocycles. The number of halogens is 3. The summed E-state index contributed by atoms with van der Waals surface area (Å²) in [6.45, 7) is 9.76. The molecule has 1 heterocycles. The predicted octanol–water partition coefficient (Wildman–Crippen LogP) is 3.44. The smallest absolute Gasteiger partial charge is 0.123 e. The van der Waals surface area contributed by atoms with E-state index < -0.39 is 0 Å². The summed E-state index contributed by atoms with van der Waals surface area (Å²) in [5, 5.41) is 13.6. The molecule has 6 heteroatoms. The van der Waals surface area contributed by atoms with Gasteiger partial charge in [0.15, 0.2) is 0 Å². The second-order valence-corrected chi connectivity index (χ2v) is 5.54. The van der Waals surface area contributed by atoms with Gasteiger partial charge in [-0.05, 0) is 24.6 Å². The van der Waals surface area contributed by atoms with E-state index >= 15 is 0 Å². The zero-order valence-corrected chi connectivity index (χ0v) is 14.7. The number of nitrogens with one attached hydrogen (secondary N) is 1. The first kappa shape index (κ1) is 19.7. The second kappa shape index (κ2) is 8.90. The van der Waals surface area contributed by atoms with E-state index in [0.29, 0.717) is 5.75 Å². The van der Waals surface area contributed by atoms with Crippen LogP contribution in [0.3, 0.4) is 0 Å². The standard InChI is InChI=1S/C14H19BrN2O.2ClH/c1-3-13(17-6-4-16-5-7-17)12-9-11(15)8-10(2)14(12)18;;/h3,8-9,13,16,18H,1,4-7H2,2H3;2*1H/t13-;;/m1../s1. The molecule has 0 unspecified atom stereocenters. The second-order valence-electron chi connectivity index (χ2n) is 4.63. The minimum atomic E-state index is 0. The molecule has 3 nitrogen and oxygen atoms in total. The summed E-state index contributed by atoms with van der Waals surface area (Å²) < 4.78 is 0.995. The van der Waals surface area contributed by atoms with Crippen LogP contribution in [0.5, 0.6) is 5.75 Å². The molecule has 2 N–H and O–H groups in total. The normalized spacial score (nSPS) is 16.7. The molecule has 1 saturated heterocycles. The minimum absolute atomic E-state index is 0. The molecule has 0 aliphatic carbocycles. The Kier molecular flexibility index (Phi) is 8.79. The van der Waals surface area contributed by atoms with Gasteiger partial charge in [-0.3, -0.25) is 4.90 Å². The van der Waals surface area contributed by atoms with Crippen molar-refractivity contribution < 1.29 is 5.11 Å². The molecular weight excluding hydrogens is 363 g/mol. The van der Waals surface area contributed by atoms with Crippen molar-refractivity contribution in [3.8, 4) is 5.75 Å². The molecule has 0 spiro atoms. The Morgan fingerprint density at radius 3 is 2.50 bits per heavy atom. The number of piperazine rings is 1. The topological polar surface area (TPSA) is 35.5 Å². The Bertz CT molecular complexity index is 451. The molecule has 1 aliphatic rings. The summed E-state index contributed by atoms with van der Waals surface area (Å²) in [5.41, 5.74) is 1.82. The lowest BCUT2D eigenvalue weighted by Gasteiger charge is -2.34. The third kappa shape index (κ3) is 4.37. The average Bonchev–Trinajstić information content (AvgIpc) is 2.37. The van der Waals surface area contributed by atoms with Crippen LogP contribution in [0.15, 0.2) is 29.3 Å². The Labute approximate surface area is 141 Å². The van der Waals surface area contributed by atoms with E-state index in [1.54, 1.807) is 0 Å². The molecule has 20 heavy (non-hydrogen) atoms. The van der Waals surface area contributed by atoms with Gasteiger partial charge in [-0.25, -0.2) is 0 Å². The van der Waals surface area contributed by atoms with Crippen LogP contribution in [0.2, 0.25) is 0 Å². The van der Waals surface area contributed by atoms with E-state index in [2.05, 4.69) is 32.7 Å². The van der Waals surface area contributed by atoms with E-state index in [0.717, 1.165) is 41.8 Å². The number of hydrogen-bond acceptors (Lipinski definition) is 3. The van der Waals surface area contributed by atoms with E-state index in [1.165, 1.54) is 0 Å². The van der Waals surface area contributed by atoms with Gasteiger partial charge in [-0.15, -0.1) is 31.4 Å². The number of phenolic OH excluding ortho intramolecular Hbond substituents is 1. The summed E-state index contributed by atoms with van der Waals surface area (Å²) >= 11 is 3.49. The highest BCUT2D eigenvalue weighted by Crippen LogP contribution is 2.34. The first-order valence-corrected chi connectivity index (χ1v) is 6.99. The van der Waals surface area contributed by atoms with Crippen molar-refractivity contribution in [2.45, 2.75) is 13.0 Å². The highest BCUT2D eigenvalue weighted by molar-refractivity contribution is 9.10. The molecule has 1 aromatic rings. The highest BCUT2D eigenvalue weighted by atomic mass is 79.9. The van der Waals surface area contributed by atoms with E-state index in [1.807, 2.05) is 25.1 Å². The fraction of sp³-hybridized carbons (Fsp3) is 0.429. The van der Waals surface area contributed by atoms with Crippen molar-refractivity contribution in [1.29, 1.82) is 0 Å². The molecule has 114 valence electrons. The summed E-state index contributed by atoms with van der Waals surface area (Å²) in [5.74, 6) is 0.377. The van der Waals surface area contributed by atoms with Crippen LogP contribution in [0.1, 0.15) is 17.2 Å². The first-order valence-electron chi connectivity index (χ1n) is 6.20. The molecule has 1 atom stereocenters. The third-order valence-electron chi connectivity index (χ3n) is 3.38. The predicted molar refractivity (Wildman–Crippen MR) is 92.4 cm³/mol. The number of benzene rings is 1. The first-order chi connectivity index (χ1) is 8.63. The molecule has 2 rings (SSSR count). The van der Waals surface area contributed by atoms with Crippen molar-refractivity contribution in [2.24, 2.45) is 0 Å². The molecule has 0 amide bonds. The quantitative estimate of drug-likeness (QED) is 0.784. The van der Waals surface area contributed by atoms with Gasteiger partial charge in [0.1, 0.15) is 5.75 Å². The maximum Gasteiger partial charge on any atom is 0.123 e. The summed E-state index contributed by atoms with van der Waals surface area (Å²) in [6, 6.07) is 3.98. The van der Waals surface area contributed by atoms with E-state index in [-0.39, 0.29) is 30.9 Å². The molecule has 0 radical (unpaired) electrons. The number of nitrogens with zero attached hydrogens (tertiary/aromatic N) is 1. The van der Waals surface area contributed by atoms with Gasteiger partial charge in [-0.1, -0.05) is 22.0 Å². The van der Waals surface area contributed by atoms with Crippen molar-refractivity contribution in [3.63, 3.8) is 0 Å². The lowest BCUT2D eigenvalue weighted by atomic mass is 10.0. The van der Waals surface area contributed by atoms with Gasteiger partial charge in [0.05, 0.1) is 6.04 Å². The van der Waals surface area contributed by atoms with Gasteiger partial charge in [0, 0.05) is 36.2 Å². The molecular formula is C14H21BrCl2N2O. The third-order valence-corrected chi connectivity index (χ3v) is 3.84. The fourth-order valence-electron chi connectivity index (χ4n) is 2.42. The summed E-state index contributed by atoms with van der Waals surface area (Å²) in [6.07, 6.45) is 1.91. The lowest BCUT2D eigenvalue weighted by molar-refractivity contribution is 0.201. The van der Waals surface area contributed by atoms with Crippen molar-refractivity contribution in [2.75, 3.05) is 26.2 Å². The van der Waals surface area contributed by atoms with Gasteiger partial charge in [0.25, 0.3) is 0 Å². The van der Waals surface area contributed by atoms with E-state index in [9.17, 15) is 5.11 Å². The monoisotopic (exact) mass is 382 g/mol. The minimum Gasteiger partial charge on any atom is -0.507 e. The zero-order valence-electron chi connectivity index (χ0n) is 11.4. The van der Waals surface area contributed by atoms with Crippen molar-refractivity contribution in [3.05, 3.63) is 40.4 Å². The summed E-state index contributed by atoms with van der Waals surface area (Å²) in [7, 11) is 0. The van der Waals surface area contributed by atoms with Gasteiger partial charge in [0.2, 0.25) is 0 Å². The highest BCUT2D eigenvalue weighted by Gasteiger charge is 2.22. The summed E-state index contributed by atoms with van der Waals surface area (Å²) in [4.78, 5) is 2.34. The van der Waals surface area contributed by atoms with E-state index in [4.69, 9.17) is 0 Å². The number of aryl methyl sites for hydroxylation is 1. The largest absolute Gasteiger partial charge is 0.507 e. The maximum absolute atomic E-state index is 10.2. The zero-order chi connectivity index (χ0) is 13.1. The maximum atomic E-state index is 10.2. The fourth-order valence-corrected chi connectivity index (χ4v) is 3.01. The van der Waals surface area contributed by atoms with Crippen LogP contribution in [0, 0.1) is 6.92 Å². The number of hydrogen-bond donors (Lipinski definition) is 2. The van der Waals surface area contributed by atoms with Crippen molar-refractivity contribution in [1.82, 2.24) is 10.2 Å². The Balaban J connectivity index is 0.00000180. The van der Waals surface area contributed by atoms with Crippen LogP contribution in [-0.2, 0) is 0 Å². The number of rotatable bonds is 3. The van der Waals surface area contributed by atoms with Crippen molar-refractivity contribution >= 4 is 40.7 Å². The molecule has 1 aliphatic heterocycles. The van der Waals surface area contributed by atoms with Gasteiger partial charge < -0.3 is 10.4 Å². The van der Waals surface area contributed by atoms with Gasteiger partial charge in [-0.2, -0.15) is 0 Å². The van der Waals surface area contributed by atoms with Crippen LogP contribution < -0.4 is 5.32 Å². The molecule has 1 aromatic carbocycles. The molecule has 0 aromatic heterocycles. The number of aromatic hydroxyl groups is 1. The average molecular weight is 384 g/mol. The van der Waals surface area contributed by atoms with Gasteiger partial charge >= 0.3 is 0 Å².